The van der Waals surface area contributed by atoms with Gasteiger partial charge in [0.25, 0.3) is 0 Å². The molecule has 1 atom stereocenters. The first kappa shape index (κ1) is 22.3. The number of aromatic nitrogens is 2. The number of fused-ring (bicyclic) bond motifs is 1. The van der Waals surface area contributed by atoms with E-state index in [0.29, 0.717) is 18.8 Å². The van der Waals surface area contributed by atoms with Crippen molar-refractivity contribution in [3.63, 3.8) is 0 Å². The van der Waals surface area contributed by atoms with E-state index in [1.807, 2.05) is 43.8 Å². The minimum atomic E-state index is 0.0453. The Morgan fingerprint density at radius 1 is 1.22 bits per heavy atom. The lowest BCUT2D eigenvalue weighted by Gasteiger charge is -2.28. The molecule has 1 aromatic carbocycles. The first-order chi connectivity index (χ1) is 15.3. The van der Waals surface area contributed by atoms with E-state index in [4.69, 9.17) is 14.2 Å². The molecule has 0 bridgehead atoms. The molecule has 0 saturated carbocycles. The van der Waals surface area contributed by atoms with Crippen LogP contribution < -0.4 is 4.90 Å². The van der Waals surface area contributed by atoms with Crippen LogP contribution in [-0.4, -0.2) is 54.3 Å². The zero-order valence-corrected chi connectivity index (χ0v) is 19.6. The van der Waals surface area contributed by atoms with Crippen LogP contribution >= 0.6 is 0 Å². The van der Waals surface area contributed by atoms with E-state index in [-0.39, 0.29) is 18.4 Å². The Kier molecular flexibility index (Phi) is 6.46. The van der Waals surface area contributed by atoms with E-state index in [0.717, 1.165) is 58.6 Å². The Balaban J connectivity index is 1.67. The third-order valence-corrected chi connectivity index (χ3v) is 6.20. The van der Waals surface area contributed by atoms with Gasteiger partial charge < -0.3 is 19.1 Å². The van der Waals surface area contributed by atoms with Crippen molar-refractivity contribution in [1.29, 1.82) is 0 Å². The number of carbonyl (C=O) groups excluding carboxylic acids is 1. The number of amides is 1. The van der Waals surface area contributed by atoms with Crippen LogP contribution in [0.4, 0.5) is 5.82 Å². The number of para-hydroxylation sites is 1. The van der Waals surface area contributed by atoms with E-state index < -0.39 is 0 Å². The molecule has 0 unspecified atom stereocenters. The fourth-order valence-corrected chi connectivity index (χ4v) is 4.40. The summed E-state index contributed by atoms with van der Waals surface area (Å²) in [5.41, 5.74) is 4.80. The number of benzene rings is 1. The Hall–Kier alpha value is -2.93. The second kappa shape index (κ2) is 9.28. The number of pyridine rings is 1. The van der Waals surface area contributed by atoms with E-state index >= 15 is 0 Å². The number of hydrogen-bond acceptors (Lipinski definition) is 6. The summed E-state index contributed by atoms with van der Waals surface area (Å²) < 4.78 is 11.1. The van der Waals surface area contributed by atoms with Crippen LogP contribution in [-0.2, 0) is 22.5 Å². The number of ether oxygens (including phenoxy) is 1. The molecule has 3 aromatic rings. The lowest BCUT2D eigenvalue weighted by atomic mass is 10.1. The molecule has 1 saturated heterocycles. The Morgan fingerprint density at radius 2 is 2.03 bits per heavy atom. The maximum absolute atomic E-state index is 13.5. The van der Waals surface area contributed by atoms with Gasteiger partial charge in [0.1, 0.15) is 11.6 Å². The molecule has 7 heteroatoms. The van der Waals surface area contributed by atoms with Crippen molar-refractivity contribution < 1.29 is 14.1 Å². The summed E-state index contributed by atoms with van der Waals surface area (Å²) >= 11 is 0. The van der Waals surface area contributed by atoms with Crippen molar-refractivity contribution in [1.82, 2.24) is 15.0 Å². The molecule has 0 radical (unpaired) electrons. The topological polar surface area (TPSA) is 71.7 Å². The fraction of sp³-hybridized carbons (Fsp3) is 0.480. The number of nitrogens with zero attached hydrogens (tertiary/aromatic N) is 4. The number of hydrogen-bond donors (Lipinski definition) is 0. The molecule has 1 aliphatic heterocycles. The fourth-order valence-electron chi connectivity index (χ4n) is 4.40. The number of rotatable bonds is 7. The molecule has 0 N–H and O–H groups in total. The summed E-state index contributed by atoms with van der Waals surface area (Å²) in [5.74, 6) is 1.63. The van der Waals surface area contributed by atoms with Gasteiger partial charge in [0, 0.05) is 50.3 Å². The number of carbonyl (C=O) groups is 1. The summed E-state index contributed by atoms with van der Waals surface area (Å²) in [4.78, 5) is 22.4. The summed E-state index contributed by atoms with van der Waals surface area (Å²) in [6, 6.07) is 8.36. The third kappa shape index (κ3) is 4.63. The van der Waals surface area contributed by atoms with Gasteiger partial charge in [0.2, 0.25) is 5.91 Å². The molecule has 1 aliphatic rings. The van der Waals surface area contributed by atoms with Crippen LogP contribution in [0.15, 0.2) is 28.8 Å². The lowest BCUT2D eigenvalue weighted by molar-refractivity contribution is -0.132. The van der Waals surface area contributed by atoms with Crippen LogP contribution in [0.2, 0.25) is 0 Å². The maximum Gasteiger partial charge on any atom is 0.227 e. The molecule has 0 spiro atoms. The summed E-state index contributed by atoms with van der Waals surface area (Å²) in [5, 5.41) is 5.09. The smallest absolute Gasteiger partial charge is 0.227 e. The normalized spacial score (nSPS) is 16.0. The van der Waals surface area contributed by atoms with Gasteiger partial charge in [-0.2, -0.15) is 0 Å². The van der Waals surface area contributed by atoms with Crippen molar-refractivity contribution in [3.05, 3.63) is 52.4 Å². The predicted molar refractivity (Wildman–Crippen MR) is 125 cm³/mol. The molecular formula is C25H32N4O3. The molecule has 1 fully saturated rings. The average molecular weight is 437 g/mol. The van der Waals surface area contributed by atoms with E-state index in [9.17, 15) is 4.79 Å². The van der Waals surface area contributed by atoms with Gasteiger partial charge in [0.15, 0.2) is 0 Å². The van der Waals surface area contributed by atoms with Gasteiger partial charge in [-0.15, -0.1) is 0 Å². The Morgan fingerprint density at radius 3 is 2.69 bits per heavy atom. The van der Waals surface area contributed by atoms with Gasteiger partial charge in [-0.3, -0.25) is 4.79 Å². The molecule has 170 valence electrons. The van der Waals surface area contributed by atoms with Crippen LogP contribution in [0.25, 0.3) is 10.9 Å². The first-order valence-electron chi connectivity index (χ1n) is 11.2. The third-order valence-electron chi connectivity index (χ3n) is 6.20. The van der Waals surface area contributed by atoms with Gasteiger partial charge >= 0.3 is 0 Å². The highest BCUT2D eigenvalue weighted by Gasteiger charge is 2.26. The van der Waals surface area contributed by atoms with Crippen LogP contribution in [0.1, 0.15) is 41.0 Å². The molecule has 7 nitrogen and oxygen atoms in total. The lowest BCUT2D eigenvalue weighted by Crippen LogP contribution is -2.38. The van der Waals surface area contributed by atoms with Gasteiger partial charge in [0.05, 0.1) is 23.7 Å². The molecule has 3 heterocycles. The minimum absolute atomic E-state index is 0.0453. The first-order valence-corrected chi connectivity index (χ1v) is 11.2. The molecule has 0 aliphatic carbocycles. The second-order valence-electron chi connectivity index (χ2n) is 8.90. The monoisotopic (exact) mass is 436 g/mol. The van der Waals surface area contributed by atoms with E-state index in [1.165, 1.54) is 0 Å². The van der Waals surface area contributed by atoms with Gasteiger partial charge in [-0.25, -0.2) is 4.98 Å². The number of anilines is 1. The van der Waals surface area contributed by atoms with Gasteiger partial charge in [-0.05, 0) is 45.2 Å². The molecule has 2 aromatic heterocycles. The summed E-state index contributed by atoms with van der Waals surface area (Å²) in [7, 11) is 3.98. The predicted octanol–water partition coefficient (Wildman–Crippen LogP) is 3.96. The Labute approximate surface area is 189 Å². The molecule has 1 amide bonds. The minimum Gasteiger partial charge on any atom is -0.376 e. The van der Waals surface area contributed by atoms with Crippen molar-refractivity contribution in [2.45, 2.75) is 52.7 Å². The average Bonchev–Trinajstić information content (AvgIpc) is 3.38. The van der Waals surface area contributed by atoms with Crippen molar-refractivity contribution in [2.75, 3.05) is 32.1 Å². The van der Waals surface area contributed by atoms with Crippen LogP contribution in [0, 0.1) is 20.8 Å². The Bertz CT molecular complexity index is 1100. The van der Waals surface area contributed by atoms with Crippen molar-refractivity contribution in [2.24, 2.45) is 0 Å². The van der Waals surface area contributed by atoms with Gasteiger partial charge in [-0.1, -0.05) is 23.4 Å². The van der Waals surface area contributed by atoms with Crippen LogP contribution in [0.3, 0.4) is 0 Å². The summed E-state index contributed by atoms with van der Waals surface area (Å²) in [6.45, 7) is 7.62. The highest BCUT2D eigenvalue weighted by Crippen LogP contribution is 2.27. The summed E-state index contributed by atoms with van der Waals surface area (Å²) in [6.07, 6.45) is 2.36. The number of aryl methyl sites for hydroxylation is 3. The zero-order valence-electron chi connectivity index (χ0n) is 19.6. The largest absolute Gasteiger partial charge is 0.376 e. The highest BCUT2D eigenvalue weighted by molar-refractivity contribution is 5.85. The standard InChI is InChI=1S/C25H32N4O3/c1-16-8-6-9-19-12-20(25(28(4)5)26-24(16)19)14-29(15-21-10-7-11-31-21)23(30)13-22-17(2)27-32-18(22)3/h6,8-9,12,21H,7,10-11,13-15H2,1-5H3/t21-/m1/s1. The van der Waals surface area contributed by atoms with E-state index in [2.05, 4.69) is 30.3 Å². The highest BCUT2D eigenvalue weighted by atomic mass is 16.5. The SMILES string of the molecule is Cc1noc(C)c1CC(=O)N(Cc1cc2cccc(C)c2nc1N(C)C)C[C@H]1CCCO1. The van der Waals surface area contributed by atoms with Crippen molar-refractivity contribution in [3.8, 4) is 0 Å². The molecule has 32 heavy (non-hydrogen) atoms. The van der Waals surface area contributed by atoms with Crippen molar-refractivity contribution >= 4 is 22.6 Å². The van der Waals surface area contributed by atoms with Crippen LogP contribution in [0.5, 0.6) is 0 Å². The molecule has 4 rings (SSSR count). The molecular weight excluding hydrogens is 404 g/mol. The maximum atomic E-state index is 13.5. The quantitative estimate of drug-likeness (QED) is 0.558. The zero-order chi connectivity index (χ0) is 22.8. The second-order valence-corrected chi connectivity index (χ2v) is 8.90. The van der Waals surface area contributed by atoms with E-state index in [1.54, 1.807) is 0 Å².